The molecule has 0 amide bonds. The molecule has 10 heteroatoms. The Labute approximate surface area is 141 Å². The first kappa shape index (κ1) is 23.7. The van der Waals surface area contributed by atoms with Gasteiger partial charge in [0.2, 0.25) is 7.94 Å². The van der Waals surface area contributed by atoms with Gasteiger partial charge in [-0.05, 0) is 25.7 Å². The summed E-state index contributed by atoms with van der Waals surface area (Å²) in [5.41, 5.74) is 0. The van der Waals surface area contributed by atoms with Gasteiger partial charge >= 0.3 is 59.1 Å². The zero-order valence-electron chi connectivity index (χ0n) is 9.66. The molecule has 0 heterocycles. The van der Waals surface area contributed by atoms with Crippen LogP contribution < -0.4 is 78.7 Å². The molecule has 2 N–H and O–H groups in total. The summed E-state index contributed by atoms with van der Waals surface area (Å²) in [6.45, 7) is 0. The van der Waals surface area contributed by atoms with Crippen LogP contribution in [0.1, 0.15) is 25.7 Å². The van der Waals surface area contributed by atoms with Crippen molar-refractivity contribution in [2.24, 2.45) is 0 Å². The van der Waals surface area contributed by atoms with Gasteiger partial charge in [-0.3, -0.25) is 0 Å². The molecule has 0 radical (unpaired) electrons. The van der Waals surface area contributed by atoms with E-state index in [1.54, 1.807) is 0 Å². The molecule has 0 aliphatic heterocycles. The van der Waals surface area contributed by atoms with Crippen LogP contribution in [0.5, 0.6) is 0 Å². The van der Waals surface area contributed by atoms with E-state index in [1.807, 2.05) is 0 Å². The van der Waals surface area contributed by atoms with Crippen molar-refractivity contribution >= 4 is 15.9 Å². The molecule has 0 aliphatic carbocycles. The Morgan fingerprint density at radius 1 is 0.688 bits per heavy atom. The topological polar surface area (TPSA) is 133 Å². The maximum absolute atomic E-state index is 10.4. The van der Waals surface area contributed by atoms with E-state index in [-0.39, 0.29) is 77.9 Å². The minimum Gasteiger partial charge on any atom is -0.688 e. The molecular weight excluding hydrogens is 276 g/mol. The van der Waals surface area contributed by atoms with E-state index >= 15 is 0 Å². The quantitative estimate of drug-likeness (QED) is 0.272. The number of hydrogen-bond donors (Lipinski definition) is 2. The van der Waals surface area contributed by atoms with Crippen molar-refractivity contribution in [2.45, 2.75) is 25.7 Å². The Balaban J connectivity index is -0.000000845. The summed E-state index contributed by atoms with van der Waals surface area (Å²) in [5, 5.41) is 0. The van der Waals surface area contributed by atoms with Gasteiger partial charge < -0.3 is 19.6 Å². The molecule has 0 saturated heterocycles. The Morgan fingerprint density at radius 3 is 1.38 bits per heavy atom. The second-order valence-electron chi connectivity index (χ2n) is 3.14. The molecule has 0 aromatic heterocycles. The first-order valence-electron chi connectivity index (χ1n) is 4.26. The molecule has 0 rings (SSSR count). The van der Waals surface area contributed by atoms with Crippen LogP contribution in [0.2, 0.25) is 0 Å². The molecule has 0 bridgehead atoms. The van der Waals surface area contributed by atoms with E-state index in [0.29, 0.717) is 19.3 Å². The van der Waals surface area contributed by atoms with Crippen LogP contribution in [0.4, 0.5) is 0 Å². The molecule has 0 aromatic carbocycles. The maximum atomic E-state index is 10.4. The minimum absolute atomic E-state index is 0. The largest absolute Gasteiger partial charge is 1.00 e. The van der Waals surface area contributed by atoms with Gasteiger partial charge in [-0.2, -0.15) is 7.94 Å². The third-order valence-corrected chi connectivity index (χ3v) is 3.39. The van der Waals surface area contributed by atoms with Crippen LogP contribution in [0.3, 0.4) is 0 Å². The van der Waals surface area contributed by atoms with Gasteiger partial charge in [0.15, 0.2) is 0 Å². The number of unbranched alkanes of at least 4 members (excludes halogenated alkanes) is 3. The van der Waals surface area contributed by atoms with Crippen molar-refractivity contribution in [3.63, 3.8) is 0 Å². The van der Waals surface area contributed by atoms with Crippen LogP contribution in [-0.2, 0) is 0 Å². The smallest absolute Gasteiger partial charge is 0.688 e. The molecule has 0 unspecified atom stereocenters. The van der Waals surface area contributed by atoms with Crippen molar-refractivity contribution in [3.05, 3.63) is 0 Å². The maximum Gasteiger partial charge on any atom is 1.00 e. The minimum atomic E-state index is -4.40. The van der Waals surface area contributed by atoms with E-state index < -0.39 is 15.9 Å². The predicted octanol–water partition coefficient (Wildman–Crippen LogP) is -8.49. The molecule has 16 heavy (non-hydrogen) atoms. The molecular formula is C6H14Na2O6P2. The van der Waals surface area contributed by atoms with Gasteiger partial charge in [-0.1, -0.05) is 0 Å². The average molecular weight is 290 g/mol. The Hall–Kier alpha value is 2.62. The average Bonchev–Trinajstić information content (AvgIpc) is 1.92. The van der Waals surface area contributed by atoms with E-state index in [0.717, 1.165) is 0 Å². The van der Waals surface area contributed by atoms with Gasteiger partial charge in [0.05, 0.1) is 0 Å². The van der Waals surface area contributed by atoms with Crippen LogP contribution in [0.15, 0.2) is 0 Å². The van der Waals surface area contributed by atoms with Gasteiger partial charge in [-0.25, -0.2) is 9.79 Å². The van der Waals surface area contributed by atoms with Gasteiger partial charge in [0.25, 0.3) is 0 Å². The second-order valence-corrected chi connectivity index (χ2v) is 6.58. The number of hydrogen-bond acceptors (Lipinski definition) is 6. The monoisotopic (exact) mass is 290 g/mol. The SMILES string of the molecule is [Na+].[Na+].[O-][P+]([O-])([O-])CCCCCC[P+]([O-])(O)O. The van der Waals surface area contributed by atoms with Gasteiger partial charge in [-0.15, -0.1) is 0 Å². The van der Waals surface area contributed by atoms with E-state index in [9.17, 15) is 19.6 Å². The van der Waals surface area contributed by atoms with Crippen molar-refractivity contribution in [1.82, 2.24) is 0 Å². The fourth-order valence-corrected chi connectivity index (χ4v) is 2.22. The van der Waals surface area contributed by atoms with Crippen LogP contribution in [0.25, 0.3) is 0 Å². The van der Waals surface area contributed by atoms with Gasteiger partial charge in [0, 0.05) is 6.16 Å². The van der Waals surface area contributed by atoms with Crippen molar-refractivity contribution < 1.29 is 88.5 Å². The standard InChI is InChI=1S/C6H16O6P2.2Na/c7-13(8,9)5-3-1-2-4-6-14(10,11)12;;/h1-6H2,(H2,7,8,9)(H2,10,11,12);;/q;2*+1/p-2. The van der Waals surface area contributed by atoms with Crippen molar-refractivity contribution in [2.75, 3.05) is 12.3 Å². The van der Waals surface area contributed by atoms with Crippen molar-refractivity contribution in [3.8, 4) is 0 Å². The molecule has 0 atom stereocenters. The Bertz CT molecular complexity index is 142. The summed E-state index contributed by atoms with van der Waals surface area (Å²) in [5.74, 6) is 0. The molecule has 0 saturated carbocycles. The summed E-state index contributed by atoms with van der Waals surface area (Å²) < 4.78 is 0. The Kier molecular flexibility index (Phi) is 17.0. The summed E-state index contributed by atoms with van der Waals surface area (Å²) in [6, 6.07) is 0. The van der Waals surface area contributed by atoms with Crippen molar-refractivity contribution in [1.29, 1.82) is 0 Å². The summed E-state index contributed by atoms with van der Waals surface area (Å²) in [7, 11) is -8.33. The molecule has 0 aromatic rings. The Morgan fingerprint density at radius 2 is 1.06 bits per heavy atom. The van der Waals surface area contributed by atoms with Crippen LogP contribution >= 0.6 is 15.9 Å². The molecule has 6 nitrogen and oxygen atoms in total. The molecule has 0 aliphatic rings. The molecule has 0 fully saturated rings. The van der Waals surface area contributed by atoms with E-state index in [4.69, 9.17) is 9.79 Å². The van der Waals surface area contributed by atoms with Gasteiger partial charge in [0.1, 0.15) is 6.16 Å². The predicted molar refractivity (Wildman–Crippen MR) is 46.5 cm³/mol. The third kappa shape index (κ3) is 21.9. The van der Waals surface area contributed by atoms with E-state index in [1.165, 1.54) is 0 Å². The summed E-state index contributed by atoms with van der Waals surface area (Å²) in [6.07, 6.45) is 1.11. The molecule has 86 valence electrons. The molecule has 0 spiro atoms. The second kappa shape index (κ2) is 11.4. The zero-order chi connectivity index (χ0) is 11.2. The normalized spacial score (nSPS) is 11.6. The zero-order valence-corrected chi connectivity index (χ0v) is 15.5. The summed E-state index contributed by atoms with van der Waals surface area (Å²) in [4.78, 5) is 57.8. The van der Waals surface area contributed by atoms with Crippen LogP contribution in [-0.4, -0.2) is 22.1 Å². The third-order valence-electron chi connectivity index (χ3n) is 1.63. The fraction of sp³-hybridized carbons (Fsp3) is 1.00. The first-order chi connectivity index (χ1) is 6.21. The first-order valence-corrected chi connectivity index (χ1v) is 7.79. The fourth-order valence-electron chi connectivity index (χ4n) is 0.977. The number of rotatable bonds is 7. The van der Waals surface area contributed by atoms with E-state index in [2.05, 4.69) is 0 Å². The van der Waals surface area contributed by atoms with Crippen LogP contribution in [0, 0.1) is 0 Å². The summed E-state index contributed by atoms with van der Waals surface area (Å²) >= 11 is 0.